The fraction of sp³-hybridized carbons (Fsp3) is 0.364. The quantitative estimate of drug-likeness (QED) is 0.854. The summed E-state index contributed by atoms with van der Waals surface area (Å²) in [5.41, 5.74) is 0.559. The Morgan fingerprint density at radius 1 is 1.35 bits per heavy atom. The molecule has 0 saturated carbocycles. The highest BCUT2D eigenvalue weighted by Crippen LogP contribution is 2.25. The fourth-order valence-corrected chi connectivity index (χ4v) is 1.44. The van der Waals surface area contributed by atoms with Crippen LogP contribution in [0.25, 0.3) is 0 Å². The van der Waals surface area contributed by atoms with E-state index in [2.05, 4.69) is 5.32 Å². The molecule has 94 valence electrons. The second-order valence-corrected chi connectivity index (χ2v) is 4.53. The largest absolute Gasteiger partial charge is 0.345 e. The van der Waals surface area contributed by atoms with E-state index in [1.165, 1.54) is 7.05 Å². The first kappa shape index (κ1) is 14.1. The smallest absolute Gasteiger partial charge is 0.306 e. The van der Waals surface area contributed by atoms with Crippen LogP contribution >= 0.6 is 23.2 Å². The normalized spacial score (nSPS) is 10.5. The lowest BCUT2D eigenvalue weighted by molar-refractivity contribution is -0.127. The Labute approximate surface area is 110 Å². The van der Waals surface area contributed by atoms with Gasteiger partial charge < -0.3 is 5.32 Å². The van der Waals surface area contributed by atoms with E-state index in [9.17, 15) is 4.79 Å². The number of rotatable bonds is 3. The number of nitrogens with one attached hydrogen (secondary N) is 1. The van der Waals surface area contributed by atoms with Gasteiger partial charge in [-0.3, -0.25) is 4.84 Å². The molecule has 0 fully saturated rings. The van der Waals surface area contributed by atoms with Crippen LogP contribution in [0, 0.1) is 0 Å². The minimum atomic E-state index is -0.378. The highest BCUT2D eigenvalue weighted by Gasteiger charge is 2.11. The summed E-state index contributed by atoms with van der Waals surface area (Å²) in [7, 11) is 1.53. The second-order valence-electron chi connectivity index (χ2n) is 3.71. The van der Waals surface area contributed by atoms with Gasteiger partial charge in [0, 0.05) is 12.7 Å². The Morgan fingerprint density at radius 2 is 2.00 bits per heavy atom. The molecule has 0 atom stereocenters. The number of hydrogen-bond acceptors (Lipinski definition) is 2. The molecule has 0 unspecified atom stereocenters. The van der Waals surface area contributed by atoms with Gasteiger partial charge >= 0.3 is 6.03 Å². The van der Waals surface area contributed by atoms with Crippen molar-refractivity contribution in [2.75, 3.05) is 12.4 Å². The maximum absolute atomic E-state index is 11.7. The predicted octanol–water partition coefficient (Wildman–Crippen LogP) is 3.80. The Bertz CT molecular complexity index is 410. The number of anilines is 1. The number of nitrogens with zero attached hydrogens (tertiary/aromatic N) is 1. The Kier molecular flexibility index (Phi) is 5.05. The summed E-state index contributed by atoms with van der Waals surface area (Å²) >= 11 is 11.6. The van der Waals surface area contributed by atoms with Crippen LogP contribution in [-0.4, -0.2) is 24.2 Å². The van der Waals surface area contributed by atoms with Crippen LogP contribution < -0.4 is 5.32 Å². The van der Waals surface area contributed by atoms with Gasteiger partial charge in [0.05, 0.1) is 16.1 Å². The molecular formula is C11H14Cl2N2O2. The lowest BCUT2D eigenvalue weighted by Crippen LogP contribution is -2.33. The summed E-state index contributed by atoms with van der Waals surface area (Å²) in [6.07, 6.45) is -0.0699. The summed E-state index contributed by atoms with van der Waals surface area (Å²) < 4.78 is 0. The fourth-order valence-electron chi connectivity index (χ4n) is 1.14. The van der Waals surface area contributed by atoms with Crippen molar-refractivity contribution in [3.8, 4) is 0 Å². The standard InChI is InChI=1S/C11H14Cl2N2O2/c1-7(2)17-15(3)11(16)14-8-4-5-9(12)10(13)6-8/h4-7H,1-3H3,(H,14,16). The van der Waals surface area contributed by atoms with E-state index >= 15 is 0 Å². The van der Waals surface area contributed by atoms with E-state index < -0.39 is 0 Å². The maximum Gasteiger partial charge on any atom is 0.345 e. The second kappa shape index (κ2) is 6.10. The monoisotopic (exact) mass is 276 g/mol. The third-order valence-corrected chi connectivity index (χ3v) is 2.56. The van der Waals surface area contributed by atoms with E-state index in [0.717, 1.165) is 5.06 Å². The van der Waals surface area contributed by atoms with Crippen LogP contribution in [0.5, 0.6) is 0 Å². The number of carbonyl (C=O) groups is 1. The van der Waals surface area contributed by atoms with Crippen LogP contribution in [0.15, 0.2) is 18.2 Å². The van der Waals surface area contributed by atoms with Crippen LogP contribution in [0.4, 0.5) is 10.5 Å². The van der Waals surface area contributed by atoms with Crippen molar-refractivity contribution >= 4 is 34.9 Å². The first-order chi connectivity index (χ1) is 7.90. The minimum absolute atomic E-state index is 0.0699. The van der Waals surface area contributed by atoms with E-state index in [1.54, 1.807) is 18.2 Å². The van der Waals surface area contributed by atoms with Crippen molar-refractivity contribution in [2.45, 2.75) is 20.0 Å². The molecule has 0 aliphatic rings. The molecule has 0 spiro atoms. The molecule has 0 bridgehead atoms. The summed E-state index contributed by atoms with van der Waals surface area (Å²) in [6, 6.07) is 4.47. The SMILES string of the molecule is CC(C)ON(C)C(=O)Nc1ccc(Cl)c(Cl)c1. The van der Waals surface area contributed by atoms with E-state index in [4.69, 9.17) is 28.0 Å². The molecular weight excluding hydrogens is 263 g/mol. The number of amides is 2. The Balaban J connectivity index is 2.64. The zero-order valence-electron chi connectivity index (χ0n) is 9.83. The van der Waals surface area contributed by atoms with Crippen LogP contribution in [0.3, 0.4) is 0 Å². The third kappa shape index (κ3) is 4.42. The number of carbonyl (C=O) groups excluding carboxylic acids is 1. The topological polar surface area (TPSA) is 41.6 Å². The Morgan fingerprint density at radius 3 is 2.53 bits per heavy atom. The molecule has 1 N–H and O–H groups in total. The van der Waals surface area contributed by atoms with Gasteiger partial charge in [0.25, 0.3) is 0 Å². The van der Waals surface area contributed by atoms with Crippen molar-refractivity contribution < 1.29 is 9.63 Å². The molecule has 4 nitrogen and oxygen atoms in total. The molecule has 0 aromatic heterocycles. The van der Waals surface area contributed by atoms with Gasteiger partial charge in [-0.1, -0.05) is 23.2 Å². The molecule has 17 heavy (non-hydrogen) atoms. The number of hydrogen-bond donors (Lipinski definition) is 1. The van der Waals surface area contributed by atoms with Gasteiger partial charge in [-0.2, -0.15) is 0 Å². The zero-order chi connectivity index (χ0) is 13.0. The molecule has 0 radical (unpaired) electrons. The number of urea groups is 1. The third-order valence-electron chi connectivity index (χ3n) is 1.83. The number of benzene rings is 1. The molecule has 0 aliphatic heterocycles. The van der Waals surface area contributed by atoms with Crippen molar-refractivity contribution in [3.05, 3.63) is 28.2 Å². The van der Waals surface area contributed by atoms with E-state index in [1.807, 2.05) is 13.8 Å². The first-order valence-corrected chi connectivity index (χ1v) is 5.82. The van der Waals surface area contributed by atoms with Crippen LogP contribution in [0.1, 0.15) is 13.8 Å². The number of halogens is 2. The van der Waals surface area contributed by atoms with Crippen LogP contribution in [-0.2, 0) is 4.84 Å². The lowest BCUT2D eigenvalue weighted by Gasteiger charge is -2.19. The molecule has 6 heteroatoms. The zero-order valence-corrected chi connectivity index (χ0v) is 11.3. The summed E-state index contributed by atoms with van der Waals surface area (Å²) in [5, 5.41) is 4.59. The highest BCUT2D eigenvalue weighted by atomic mass is 35.5. The average molecular weight is 277 g/mol. The van der Waals surface area contributed by atoms with Crippen LogP contribution in [0.2, 0.25) is 10.0 Å². The van der Waals surface area contributed by atoms with Gasteiger partial charge in [0.1, 0.15) is 0 Å². The molecule has 1 aromatic carbocycles. The summed E-state index contributed by atoms with van der Waals surface area (Å²) in [4.78, 5) is 16.9. The molecule has 0 saturated heterocycles. The van der Waals surface area contributed by atoms with Crippen molar-refractivity contribution in [1.82, 2.24) is 5.06 Å². The molecule has 1 rings (SSSR count). The maximum atomic E-state index is 11.7. The van der Waals surface area contributed by atoms with Crippen molar-refractivity contribution in [1.29, 1.82) is 0 Å². The first-order valence-electron chi connectivity index (χ1n) is 5.06. The number of hydroxylamine groups is 2. The summed E-state index contributed by atoms with van der Waals surface area (Å²) in [5.74, 6) is 0. The minimum Gasteiger partial charge on any atom is -0.306 e. The molecule has 0 aliphatic carbocycles. The average Bonchev–Trinajstić information content (AvgIpc) is 2.22. The molecule has 0 heterocycles. The van der Waals surface area contributed by atoms with Gasteiger partial charge in [0.15, 0.2) is 0 Å². The van der Waals surface area contributed by atoms with E-state index in [-0.39, 0.29) is 12.1 Å². The molecule has 2 amide bonds. The summed E-state index contributed by atoms with van der Waals surface area (Å²) in [6.45, 7) is 3.67. The van der Waals surface area contributed by atoms with Gasteiger partial charge in [-0.05, 0) is 32.0 Å². The lowest BCUT2D eigenvalue weighted by atomic mass is 10.3. The van der Waals surface area contributed by atoms with Gasteiger partial charge in [-0.15, -0.1) is 0 Å². The van der Waals surface area contributed by atoms with Crippen molar-refractivity contribution in [2.24, 2.45) is 0 Å². The van der Waals surface area contributed by atoms with Crippen molar-refractivity contribution in [3.63, 3.8) is 0 Å². The predicted molar refractivity (Wildman–Crippen MR) is 69.5 cm³/mol. The van der Waals surface area contributed by atoms with E-state index in [0.29, 0.717) is 15.7 Å². The van der Waals surface area contributed by atoms with Gasteiger partial charge in [0.2, 0.25) is 0 Å². The molecule has 1 aromatic rings. The van der Waals surface area contributed by atoms with Gasteiger partial charge in [-0.25, -0.2) is 9.86 Å². The highest BCUT2D eigenvalue weighted by molar-refractivity contribution is 6.42. The Hall–Kier alpha value is -0.970.